The van der Waals surface area contributed by atoms with Crippen molar-refractivity contribution < 1.29 is 4.74 Å². The lowest BCUT2D eigenvalue weighted by Gasteiger charge is -2.40. The summed E-state index contributed by atoms with van der Waals surface area (Å²) in [6.07, 6.45) is 4.46. The zero-order valence-corrected chi connectivity index (χ0v) is 14.4. The first-order chi connectivity index (χ1) is 9.58. The third-order valence-electron chi connectivity index (χ3n) is 4.57. The highest BCUT2D eigenvalue weighted by molar-refractivity contribution is 9.10. The van der Waals surface area contributed by atoms with Crippen LogP contribution in [0.1, 0.15) is 50.7 Å². The molecule has 0 spiro atoms. The van der Waals surface area contributed by atoms with Crippen LogP contribution in [0, 0.1) is 6.92 Å². The quantitative estimate of drug-likeness (QED) is 0.847. The molecule has 0 radical (unpaired) electrons. The standard InChI is InChI=1S/C17H26BrNO/c1-4-17(5-2)11-15(8-9-20-17)19-12-14-7-6-13(3)10-16(14)18/h6-7,10,15,19H,4-5,8-9,11-12H2,1-3H3. The third-order valence-corrected chi connectivity index (χ3v) is 5.31. The fraction of sp³-hybridized carbons (Fsp3) is 0.647. The number of nitrogens with one attached hydrogen (secondary N) is 1. The van der Waals surface area contributed by atoms with E-state index in [-0.39, 0.29) is 5.60 Å². The van der Waals surface area contributed by atoms with Gasteiger partial charge in [0.1, 0.15) is 0 Å². The lowest BCUT2D eigenvalue weighted by atomic mass is 9.86. The summed E-state index contributed by atoms with van der Waals surface area (Å²) < 4.78 is 7.24. The van der Waals surface area contributed by atoms with Crippen LogP contribution >= 0.6 is 15.9 Å². The summed E-state index contributed by atoms with van der Waals surface area (Å²) in [5.74, 6) is 0. The van der Waals surface area contributed by atoms with E-state index >= 15 is 0 Å². The molecule has 1 atom stereocenters. The smallest absolute Gasteiger partial charge is 0.0692 e. The number of benzene rings is 1. The molecule has 1 aliphatic heterocycles. The Bertz CT molecular complexity index is 443. The molecule has 1 unspecified atom stereocenters. The summed E-state index contributed by atoms with van der Waals surface area (Å²) in [5, 5.41) is 3.71. The minimum atomic E-state index is 0.0976. The van der Waals surface area contributed by atoms with Gasteiger partial charge in [0.2, 0.25) is 0 Å². The summed E-state index contributed by atoms with van der Waals surface area (Å²) in [7, 11) is 0. The Hall–Kier alpha value is -0.380. The van der Waals surface area contributed by atoms with E-state index in [0.717, 1.165) is 38.8 Å². The highest BCUT2D eigenvalue weighted by Gasteiger charge is 2.34. The molecule has 1 fully saturated rings. The van der Waals surface area contributed by atoms with Gasteiger partial charge in [0.15, 0.2) is 0 Å². The lowest BCUT2D eigenvalue weighted by molar-refractivity contribution is -0.0932. The first-order valence-corrected chi connectivity index (χ1v) is 8.50. The van der Waals surface area contributed by atoms with Gasteiger partial charge in [-0.3, -0.25) is 0 Å². The number of rotatable bonds is 5. The lowest BCUT2D eigenvalue weighted by Crippen LogP contribution is -2.46. The molecular weight excluding hydrogens is 314 g/mol. The molecule has 20 heavy (non-hydrogen) atoms. The van der Waals surface area contributed by atoms with Crippen LogP contribution in [0.4, 0.5) is 0 Å². The Morgan fingerprint density at radius 2 is 2.10 bits per heavy atom. The van der Waals surface area contributed by atoms with Gasteiger partial charge in [0, 0.05) is 23.7 Å². The number of hydrogen-bond acceptors (Lipinski definition) is 2. The second kappa shape index (κ2) is 7.06. The highest BCUT2D eigenvalue weighted by atomic mass is 79.9. The molecule has 0 aliphatic carbocycles. The van der Waals surface area contributed by atoms with E-state index in [1.165, 1.54) is 15.6 Å². The maximum absolute atomic E-state index is 6.04. The van der Waals surface area contributed by atoms with Crippen molar-refractivity contribution in [3.05, 3.63) is 33.8 Å². The van der Waals surface area contributed by atoms with Crippen LogP contribution in [-0.4, -0.2) is 18.2 Å². The maximum Gasteiger partial charge on any atom is 0.0692 e. The van der Waals surface area contributed by atoms with E-state index in [9.17, 15) is 0 Å². The number of halogens is 1. The molecule has 0 bridgehead atoms. The van der Waals surface area contributed by atoms with E-state index in [1.807, 2.05) is 0 Å². The summed E-state index contributed by atoms with van der Waals surface area (Å²) in [6.45, 7) is 8.41. The molecule has 0 amide bonds. The van der Waals surface area contributed by atoms with Crippen LogP contribution in [0.2, 0.25) is 0 Å². The Balaban J connectivity index is 1.93. The first-order valence-electron chi connectivity index (χ1n) is 7.71. The van der Waals surface area contributed by atoms with Gasteiger partial charge in [0.05, 0.1) is 5.60 Å². The molecule has 1 N–H and O–H groups in total. The van der Waals surface area contributed by atoms with Crippen molar-refractivity contribution in [3.8, 4) is 0 Å². The predicted molar refractivity (Wildman–Crippen MR) is 88.0 cm³/mol. The first kappa shape index (κ1) is 16.0. The van der Waals surface area contributed by atoms with Gasteiger partial charge in [-0.25, -0.2) is 0 Å². The van der Waals surface area contributed by atoms with Crippen molar-refractivity contribution in [1.82, 2.24) is 5.32 Å². The van der Waals surface area contributed by atoms with Crippen LogP contribution in [-0.2, 0) is 11.3 Å². The molecule has 1 saturated heterocycles. The SMILES string of the molecule is CCC1(CC)CC(NCc2ccc(C)cc2Br)CCO1. The van der Waals surface area contributed by atoms with E-state index in [0.29, 0.717) is 6.04 Å². The average Bonchev–Trinajstić information content (AvgIpc) is 2.46. The van der Waals surface area contributed by atoms with Crippen LogP contribution in [0.5, 0.6) is 0 Å². The monoisotopic (exact) mass is 339 g/mol. The van der Waals surface area contributed by atoms with Crippen molar-refractivity contribution in [1.29, 1.82) is 0 Å². The van der Waals surface area contributed by atoms with Gasteiger partial charge in [-0.05, 0) is 49.8 Å². The zero-order valence-electron chi connectivity index (χ0n) is 12.8. The van der Waals surface area contributed by atoms with Gasteiger partial charge < -0.3 is 10.1 Å². The second-order valence-corrected chi connectivity index (χ2v) is 6.76. The van der Waals surface area contributed by atoms with E-state index in [1.54, 1.807) is 0 Å². The second-order valence-electron chi connectivity index (χ2n) is 5.90. The summed E-state index contributed by atoms with van der Waals surface area (Å²) in [6, 6.07) is 7.13. The minimum absolute atomic E-state index is 0.0976. The molecule has 112 valence electrons. The Morgan fingerprint density at radius 1 is 1.35 bits per heavy atom. The maximum atomic E-state index is 6.04. The number of ether oxygens (including phenoxy) is 1. The topological polar surface area (TPSA) is 21.3 Å². The average molecular weight is 340 g/mol. The van der Waals surface area contributed by atoms with Gasteiger partial charge in [-0.15, -0.1) is 0 Å². The van der Waals surface area contributed by atoms with Crippen molar-refractivity contribution in [2.24, 2.45) is 0 Å². The third kappa shape index (κ3) is 3.84. The van der Waals surface area contributed by atoms with Crippen LogP contribution in [0.15, 0.2) is 22.7 Å². The van der Waals surface area contributed by atoms with E-state index in [4.69, 9.17) is 4.74 Å². The van der Waals surface area contributed by atoms with E-state index in [2.05, 4.69) is 60.2 Å². The molecule has 1 heterocycles. The summed E-state index contributed by atoms with van der Waals surface area (Å²) in [4.78, 5) is 0. The van der Waals surface area contributed by atoms with Crippen LogP contribution in [0.3, 0.4) is 0 Å². The number of aryl methyl sites for hydroxylation is 1. The Labute approximate surface area is 131 Å². The molecule has 0 aromatic heterocycles. The normalized spacial score (nSPS) is 21.9. The van der Waals surface area contributed by atoms with Crippen molar-refractivity contribution in [2.45, 2.75) is 64.6 Å². The summed E-state index contributed by atoms with van der Waals surface area (Å²) >= 11 is 3.66. The minimum Gasteiger partial charge on any atom is -0.375 e. The van der Waals surface area contributed by atoms with Gasteiger partial charge in [-0.1, -0.05) is 41.9 Å². The fourth-order valence-corrected chi connectivity index (χ4v) is 3.63. The van der Waals surface area contributed by atoms with Crippen LogP contribution < -0.4 is 5.32 Å². The molecule has 3 heteroatoms. The van der Waals surface area contributed by atoms with Crippen molar-refractivity contribution >= 4 is 15.9 Å². The molecule has 0 saturated carbocycles. The van der Waals surface area contributed by atoms with Gasteiger partial charge >= 0.3 is 0 Å². The van der Waals surface area contributed by atoms with Crippen molar-refractivity contribution in [3.63, 3.8) is 0 Å². The Morgan fingerprint density at radius 3 is 2.75 bits per heavy atom. The predicted octanol–water partition coefficient (Wildman–Crippen LogP) is 4.58. The zero-order chi connectivity index (χ0) is 14.6. The molecule has 2 rings (SSSR count). The molecule has 2 nitrogen and oxygen atoms in total. The van der Waals surface area contributed by atoms with Gasteiger partial charge in [-0.2, -0.15) is 0 Å². The molecule has 1 aliphatic rings. The van der Waals surface area contributed by atoms with E-state index < -0.39 is 0 Å². The van der Waals surface area contributed by atoms with Gasteiger partial charge in [0.25, 0.3) is 0 Å². The highest BCUT2D eigenvalue weighted by Crippen LogP contribution is 2.31. The van der Waals surface area contributed by atoms with Crippen molar-refractivity contribution in [2.75, 3.05) is 6.61 Å². The Kier molecular flexibility index (Phi) is 5.65. The van der Waals surface area contributed by atoms with Crippen LogP contribution in [0.25, 0.3) is 0 Å². The largest absolute Gasteiger partial charge is 0.375 e. The summed E-state index contributed by atoms with van der Waals surface area (Å²) in [5.41, 5.74) is 2.73. The molecule has 1 aromatic rings. The molecular formula is C17H26BrNO. The number of hydrogen-bond donors (Lipinski definition) is 1. The fourth-order valence-electron chi connectivity index (χ4n) is 2.99. The molecule has 1 aromatic carbocycles.